The smallest absolute Gasteiger partial charge is 0.227 e. The van der Waals surface area contributed by atoms with Crippen LogP contribution in [0.5, 0.6) is 0 Å². The maximum Gasteiger partial charge on any atom is 0.227 e. The largest absolute Gasteiger partial charge is 0.353 e. The molecule has 1 saturated carbocycles. The van der Waals surface area contributed by atoms with Gasteiger partial charge in [-0.05, 0) is 32.4 Å². The van der Waals surface area contributed by atoms with Gasteiger partial charge in [0.1, 0.15) is 5.78 Å². The number of hydrogen-bond donors (Lipinski definition) is 1. The van der Waals surface area contributed by atoms with Crippen LogP contribution in [0.3, 0.4) is 0 Å². The molecule has 0 heterocycles. The van der Waals surface area contributed by atoms with Gasteiger partial charge in [-0.15, -0.1) is 0 Å². The van der Waals surface area contributed by atoms with Gasteiger partial charge in [0, 0.05) is 11.3 Å². The van der Waals surface area contributed by atoms with Gasteiger partial charge in [-0.1, -0.05) is 0 Å². The average molecular weight is 215 g/mol. The van der Waals surface area contributed by atoms with Crippen molar-refractivity contribution in [2.75, 3.05) is 6.26 Å². The summed E-state index contributed by atoms with van der Waals surface area (Å²) in [5.74, 6) is -0.189. The molecular formula is C10H17NO2S. The SMILES string of the molecule is CSC1CCC(NC(=O)CC(C)=O)C1. The van der Waals surface area contributed by atoms with Crippen molar-refractivity contribution in [3.05, 3.63) is 0 Å². The summed E-state index contributed by atoms with van der Waals surface area (Å²) in [6.07, 6.45) is 5.40. The van der Waals surface area contributed by atoms with Crippen molar-refractivity contribution in [3.63, 3.8) is 0 Å². The number of Topliss-reactive ketones (excluding diaryl/α,β-unsaturated/α-hetero) is 1. The summed E-state index contributed by atoms with van der Waals surface area (Å²) in [4.78, 5) is 21.9. The Balaban J connectivity index is 2.25. The Kier molecular flexibility index (Phi) is 4.45. The minimum absolute atomic E-state index is 0.0282. The molecule has 2 unspecified atom stereocenters. The first-order valence-electron chi connectivity index (χ1n) is 4.93. The van der Waals surface area contributed by atoms with E-state index in [1.54, 1.807) is 0 Å². The van der Waals surface area contributed by atoms with Crippen LogP contribution in [0.15, 0.2) is 0 Å². The highest BCUT2D eigenvalue weighted by Gasteiger charge is 2.25. The molecule has 0 aromatic heterocycles. The van der Waals surface area contributed by atoms with Gasteiger partial charge in [0.25, 0.3) is 0 Å². The van der Waals surface area contributed by atoms with Crippen LogP contribution in [0.1, 0.15) is 32.6 Å². The average Bonchev–Trinajstić information content (AvgIpc) is 2.50. The van der Waals surface area contributed by atoms with Crippen molar-refractivity contribution < 1.29 is 9.59 Å². The number of nitrogens with one attached hydrogen (secondary N) is 1. The van der Waals surface area contributed by atoms with Crippen molar-refractivity contribution in [2.45, 2.75) is 43.9 Å². The number of rotatable bonds is 4. The lowest BCUT2D eigenvalue weighted by atomic mass is 10.2. The normalized spacial score (nSPS) is 26.1. The lowest BCUT2D eigenvalue weighted by Gasteiger charge is -2.11. The molecule has 0 aliphatic heterocycles. The molecule has 1 amide bonds. The van der Waals surface area contributed by atoms with Gasteiger partial charge in [-0.2, -0.15) is 11.8 Å². The minimum atomic E-state index is -0.121. The molecule has 0 aromatic rings. The van der Waals surface area contributed by atoms with E-state index in [1.807, 2.05) is 11.8 Å². The van der Waals surface area contributed by atoms with Crippen LogP contribution in [0.4, 0.5) is 0 Å². The second-order valence-electron chi connectivity index (χ2n) is 3.81. The molecule has 0 saturated heterocycles. The molecule has 0 aromatic carbocycles. The van der Waals surface area contributed by atoms with Gasteiger partial charge in [-0.3, -0.25) is 9.59 Å². The van der Waals surface area contributed by atoms with E-state index < -0.39 is 0 Å². The molecule has 1 aliphatic carbocycles. The highest BCUT2D eigenvalue weighted by Crippen LogP contribution is 2.28. The Labute approximate surface area is 89.0 Å². The fraction of sp³-hybridized carbons (Fsp3) is 0.800. The summed E-state index contributed by atoms with van der Waals surface area (Å²) < 4.78 is 0. The lowest BCUT2D eigenvalue weighted by Crippen LogP contribution is -2.33. The van der Waals surface area contributed by atoms with Crippen LogP contribution < -0.4 is 5.32 Å². The molecule has 0 spiro atoms. The summed E-state index contributed by atoms with van der Waals surface area (Å²) in [5.41, 5.74) is 0. The molecule has 0 radical (unpaired) electrons. The van der Waals surface area contributed by atoms with Gasteiger partial charge in [0.2, 0.25) is 5.91 Å². The highest BCUT2D eigenvalue weighted by atomic mass is 32.2. The molecule has 1 rings (SSSR count). The van der Waals surface area contributed by atoms with Gasteiger partial charge in [-0.25, -0.2) is 0 Å². The van der Waals surface area contributed by atoms with Gasteiger partial charge in [0.15, 0.2) is 0 Å². The van der Waals surface area contributed by atoms with E-state index >= 15 is 0 Å². The van der Waals surface area contributed by atoms with E-state index in [0.717, 1.165) is 12.8 Å². The van der Waals surface area contributed by atoms with Crippen LogP contribution in [0, 0.1) is 0 Å². The summed E-state index contributed by atoms with van der Waals surface area (Å²) in [6, 6.07) is 0.291. The van der Waals surface area contributed by atoms with E-state index in [-0.39, 0.29) is 18.1 Å². The quantitative estimate of drug-likeness (QED) is 0.720. The summed E-state index contributed by atoms with van der Waals surface area (Å²) >= 11 is 1.86. The number of carbonyl (C=O) groups excluding carboxylic acids is 2. The zero-order chi connectivity index (χ0) is 10.6. The molecular weight excluding hydrogens is 198 g/mol. The zero-order valence-corrected chi connectivity index (χ0v) is 9.52. The highest BCUT2D eigenvalue weighted by molar-refractivity contribution is 7.99. The van der Waals surface area contributed by atoms with Crippen molar-refractivity contribution >= 4 is 23.5 Å². The Hall–Kier alpha value is -0.510. The molecule has 4 heteroatoms. The minimum Gasteiger partial charge on any atom is -0.353 e. The molecule has 1 aliphatic rings. The Morgan fingerprint density at radius 3 is 2.64 bits per heavy atom. The maximum absolute atomic E-state index is 11.3. The van der Waals surface area contributed by atoms with E-state index in [0.29, 0.717) is 11.3 Å². The van der Waals surface area contributed by atoms with E-state index in [4.69, 9.17) is 0 Å². The van der Waals surface area contributed by atoms with Crippen molar-refractivity contribution in [1.82, 2.24) is 5.32 Å². The topological polar surface area (TPSA) is 46.2 Å². The van der Waals surface area contributed by atoms with Gasteiger partial charge in [0.05, 0.1) is 6.42 Å². The first kappa shape index (κ1) is 11.6. The van der Waals surface area contributed by atoms with Crippen molar-refractivity contribution in [2.24, 2.45) is 0 Å². The Bertz CT molecular complexity index is 230. The molecule has 1 fully saturated rings. The number of ketones is 1. The van der Waals surface area contributed by atoms with E-state index in [1.165, 1.54) is 13.3 Å². The molecule has 0 bridgehead atoms. The van der Waals surface area contributed by atoms with E-state index in [2.05, 4.69) is 11.6 Å². The maximum atomic E-state index is 11.3. The first-order chi connectivity index (χ1) is 6.61. The van der Waals surface area contributed by atoms with Crippen LogP contribution in [-0.4, -0.2) is 29.2 Å². The Morgan fingerprint density at radius 2 is 2.14 bits per heavy atom. The third-order valence-electron chi connectivity index (χ3n) is 2.49. The molecule has 80 valence electrons. The van der Waals surface area contributed by atoms with Crippen LogP contribution in [-0.2, 0) is 9.59 Å². The molecule has 2 atom stereocenters. The molecule has 1 N–H and O–H groups in total. The van der Waals surface area contributed by atoms with Crippen LogP contribution in [0.25, 0.3) is 0 Å². The molecule has 3 nitrogen and oxygen atoms in total. The second kappa shape index (κ2) is 5.39. The molecule has 14 heavy (non-hydrogen) atoms. The Morgan fingerprint density at radius 1 is 1.43 bits per heavy atom. The lowest BCUT2D eigenvalue weighted by molar-refractivity contribution is -0.127. The predicted molar refractivity (Wildman–Crippen MR) is 58.4 cm³/mol. The monoisotopic (exact) mass is 215 g/mol. The summed E-state index contributed by atoms with van der Waals surface area (Å²) in [6.45, 7) is 1.44. The number of hydrogen-bond acceptors (Lipinski definition) is 3. The fourth-order valence-corrected chi connectivity index (χ4v) is 2.59. The van der Waals surface area contributed by atoms with Crippen molar-refractivity contribution in [1.29, 1.82) is 0 Å². The van der Waals surface area contributed by atoms with Gasteiger partial charge >= 0.3 is 0 Å². The number of carbonyl (C=O) groups is 2. The third-order valence-corrected chi connectivity index (χ3v) is 3.59. The number of thioether (sulfide) groups is 1. The fourth-order valence-electron chi connectivity index (χ4n) is 1.79. The van der Waals surface area contributed by atoms with Crippen LogP contribution in [0.2, 0.25) is 0 Å². The summed E-state index contributed by atoms with van der Waals surface area (Å²) in [7, 11) is 0. The van der Waals surface area contributed by atoms with Gasteiger partial charge < -0.3 is 5.32 Å². The van der Waals surface area contributed by atoms with Crippen LogP contribution >= 0.6 is 11.8 Å². The van der Waals surface area contributed by atoms with E-state index in [9.17, 15) is 9.59 Å². The third kappa shape index (κ3) is 3.70. The standard InChI is InChI=1S/C10H17NO2S/c1-7(12)5-10(13)11-8-3-4-9(6-8)14-2/h8-9H,3-6H2,1-2H3,(H,11,13). The first-order valence-corrected chi connectivity index (χ1v) is 6.22. The zero-order valence-electron chi connectivity index (χ0n) is 8.71. The van der Waals surface area contributed by atoms with Crippen molar-refractivity contribution in [3.8, 4) is 0 Å². The summed E-state index contributed by atoms with van der Waals surface area (Å²) in [5, 5.41) is 3.58. The number of amides is 1. The second-order valence-corrected chi connectivity index (χ2v) is 4.95. The predicted octanol–water partition coefficient (Wildman–Crippen LogP) is 1.37.